The van der Waals surface area contributed by atoms with Crippen molar-refractivity contribution in [2.24, 2.45) is 5.92 Å². The first kappa shape index (κ1) is 22.1. The highest BCUT2D eigenvalue weighted by molar-refractivity contribution is 6.06. The normalized spacial score (nSPS) is 16.0. The average molecular weight is 437 g/mol. The summed E-state index contributed by atoms with van der Waals surface area (Å²) in [4.78, 5) is 36.9. The Morgan fingerprint density at radius 2 is 1.97 bits per heavy atom. The number of halogens is 3. The molecule has 1 atom stereocenters. The summed E-state index contributed by atoms with van der Waals surface area (Å²) in [6.07, 6.45) is -5.55. The van der Waals surface area contributed by atoms with Gasteiger partial charge < -0.3 is 10.1 Å². The topological polar surface area (TPSA) is 102 Å². The molecule has 0 aliphatic carbocycles. The third-order valence-corrected chi connectivity index (χ3v) is 4.59. The summed E-state index contributed by atoms with van der Waals surface area (Å²) in [5.74, 6) is -1.50. The van der Waals surface area contributed by atoms with Crippen LogP contribution in [0.15, 0.2) is 42.5 Å². The van der Waals surface area contributed by atoms with Crippen LogP contribution in [0.1, 0.15) is 19.4 Å². The molecule has 0 saturated heterocycles. The highest BCUT2D eigenvalue weighted by atomic mass is 19.4. The molecule has 0 bridgehead atoms. The minimum Gasteiger partial charge on any atom is -0.478 e. The van der Waals surface area contributed by atoms with Gasteiger partial charge in [-0.05, 0) is 30.2 Å². The third-order valence-electron chi connectivity index (χ3n) is 4.59. The lowest BCUT2D eigenvalue weighted by Crippen LogP contribution is -2.50. The second-order valence-corrected chi connectivity index (χ2v) is 7.24. The Bertz CT molecular complexity index is 1040. The van der Waals surface area contributed by atoms with Crippen LogP contribution < -0.4 is 15.0 Å². The number of non-ortho nitro benzene ring substituents is 1. The zero-order chi connectivity index (χ0) is 22.9. The summed E-state index contributed by atoms with van der Waals surface area (Å²) in [7, 11) is 0. The molecule has 2 amide bonds. The average Bonchev–Trinajstić information content (AvgIpc) is 2.68. The van der Waals surface area contributed by atoms with E-state index in [2.05, 4.69) is 5.32 Å². The second kappa shape index (κ2) is 8.25. The summed E-state index contributed by atoms with van der Waals surface area (Å²) in [6, 6.07) is 7.73. The van der Waals surface area contributed by atoms with E-state index in [1.54, 1.807) is 13.8 Å². The van der Waals surface area contributed by atoms with E-state index in [9.17, 15) is 32.9 Å². The first-order valence-corrected chi connectivity index (χ1v) is 9.21. The number of rotatable bonds is 5. The first-order valence-electron chi connectivity index (χ1n) is 9.21. The van der Waals surface area contributed by atoms with Crippen molar-refractivity contribution in [1.82, 2.24) is 0 Å². The number of alkyl halides is 3. The molecule has 1 N–H and O–H groups in total. The molecule has 1 aliphatic rings. The van der Waals surface area contributed by atoms with Crippen molar-refractivity contribution < 1.29 is 32.4 Å². The third kappa shape index (κ3) is 4.76. The lowest BCUT2D eigenvalue weighted by molar-refractivity contribution is -0.384. The van der Waals surface area contributed by atoms with Gasteiger partial charge in [0.05, 0.1) is 22.2 Å². The van der Waals surface area contributed by atoms with E-state index in [0.29, 0.717) is 0 Å². The monoisotopic (exact) mass is 437 g/mol. The minimum absolute atomic E-state index is 0.0689. The van der Waals surface area contributed by atoms with Crippen LogP contribution in [0.2, 0.25) is 0 Å². The van der Waals surface area contributed by atoms with Gasteiger partial charge in [0.2, 0.25) is 5.91 Å². The summed E-state index contributed by atoms with van der Waals surface area (Å²) >= 11 is 0. The van der Waals surface area contributed by atoms with Crippen LogP contribution >= 0.6 is 0 Å². The summed E-state index contributed by atoms with van der Waals surface area (Å²) in [5, 5.41) is 13.4. The number of nitro benzene ring substituents is 1. The number of nitrogens with one attached hydrogen (secondary N) is 1. The van der Waals surface area contributed by atoms with Crippen LogP contribution in [0.25, 0.3) is 0 Å². The molecule has 0 spiro atoms. The molecule has 0 radical (unpaired) electrons. The van der Waals surface area contributed by atoms with Crippen LogP contribution in [0, 0.1) is 16.0 Å². The molecule has 8 nitrogen and oxygen atoms in total. The Morgan fingerprint density at radius 1 is 1.26 bits per heavy atom. The molecular formula is C20H18F3N3O5. The molecule has 1 unspecified atom stereocenters. The number of nitrogens with zero attached hydrogens (tertiary/aromatic N) is 2. The van der Waals surface area contributed by atoms with Crippen molar-refractivity contribution in [3.05, 3.63) is 58.1 Å². The lowest BCUT2D eigenvalue weighted by atomic mass is 10.0. The van der Waals surface area contributed by atoms with E-state index < -0.39 is 41.1 Å². The van der Waals surface area contributed by atoms with E-state index in [1.807, 2.05) is 0 Å². The number of amides is 2. The van der Waals surface area contributed by atoms with E-state index in [-0.39, 0.29) is 28.7 Å². The Balaban J connectivity index is 1.86. The summed E-state index contributed by atoms with van der Waals surface area (Å²) in [5.41, 5.74) is -1.09. The molecule has 0 saturated carbocycles. The van der Waals surface area contributed by atoms with Crippen molar-refractivity contribution in [3.8, 4) is 5.75 Å². The zero-order valence-electron chi connectivity index (χ0n) is 16.5. The van der Waals surface area contributed by atoms with Gasteiger partial charge in [-0.25, -0.2) is 0 Å². The number of carbonyl (C=O) groups is 2. The molecule has 11 heteroatoms. The van der Waals surface area contributed by atoms with E-state index in [4.69, 9.17) is 4.74 Å². The maximum Gasteiger partial charge on any atom is 0.416 e. The fourth-order valence-corrected chi connectivity index (χ4v) is 3.09. The SMILES string of the molecule is CC(C)C1Oc2cc([N+](=O)[O-])ccc2N(CC(=O)Nc2cccc(C(F)(F)F)c2)C1=O. The first-order chi connectivity index (χ1) is 14.5. The molecule has 164 valence electrons. The van der Waals surface area contributed by atoms with Gasteiger partial charge in [-0.2, -0.15) is 13.2 Å². The van der Waals surface area contributed by atoms with Crippen LogP contribution in [0.5, 0.6) is 5.75 Å². The van der Waals surface area contributed by atoms with Crippen molar-refractivity contribution in [1.29, 1.82) is 0 Å². The minimum atomic E-state index is -4.57. The van der Waals surface area contributed by atoms with Crippen molar-refractivity contribution >= 4 is 28.9 Å². The number of hydrogen-bond donors (Lipinski definition) is 1. The highest BCUT2D eigenvalue weighted by Crippen LogP contribution is 2.38. The number of hydrogen-bond acceptors (Lipinski definition) is 5. The van der Waals surface area contributed by atoms with Gasteiger partial charge in [0.15, 0.2) is 11.9 Å². The fourth-order valence-electron chi connectivity index (χ4n) is 3.09. The van der Waals surface area contributed by atoms with Crippen molar-refractivity contribution in [3.63, 3.8) is 0 Å². The molecule has 31 heavy (non-hydrogen) atoms. The standard InChI is InChI=1S/C20H18F3N3O5/c1-11(2)18-19(28)25(15-7-6-14(26(29)30)9-16(15)31-18)10-17(27)24-13-5-3-4-12(8-13)20(21,22)23/h3-9,11,18H,10H2,1-2H3,(H,24,27). The van der Waals surface area contributed by atoms with Gasteiger partial charge in [0, 0.05) is 11.8 Å². The molecule has 2 aromatic carbocycles. The summed E-state index contributed by atoms with van der Waals surface area (Å²) < 4.78 is 44.3. The molecule has 0 fully saturated rings. The van der Waals surface area contributed by atoms with E-state index >= 15 is 0 Å². The number of benzene rings is 2. The zero-order valence-corrected chi connectivity index (χ0v) is 16.5. The highest BCUT2D eigenvalue weighted by Gasteiger charge is 2.38. The van der Waals surface area contributed by atoms with Crippen molar-refractivity contribution in [2.45, 2.75) is 26.1 Å². The van der Waals surface area contributed by atoms with E-state index in [1.165, 1.54) is 18.2 Å². The smallest absolute Gasteiger partial charge is 0.416 e. The van der Waals surface area contributed by atoms with Crippen molar-refractivity contribution in [2.75, 3.05) is 16.8 Å². The van der Waals surface area contributed by atoms with Gasteiger partial charge in [-0.15, -0.1) is 0 Å². The predicted molar refractivity (Wildman–Crippen MR) is 105 cm³/mol. The molecule has 0 aromatic heterocycles. The predicted octanol–water partition coefficient (Wildman–Crippen LogP) is 4.00. The van der Waals surface area contributed by atoms with Crippen LogP contribution in [0.3, 0.4) is 0 Å². The number of carbonyl (C=O) groups excluding carboxylic acids is 2. The summed E-state index contributed by atoms with van der Waals surface area (Å²) in [6.45, 7) is 2.92. The Kier molecular flexibility index (Phi) is 5.87. The molecule has 3 rings (SSSR count). The second-order valence-electron chi connectivity index (χ2n) is 7.24. The Morgan fingerprint density at radius 3 is 2.58 bits per heavy atom. The fraction of sp³-hybridized carbons (Fsp3) is 0.300. The molecule has 1 aliphatic heterocycles. The van der Waals surface area contributed by atoms with Crippen LogP contribution in [-0.2, 0) is 15.8 Å². The molecule has 2 aromatic rings. The Hall–Kier alpha value is -3.63. The molecular weight excluding hydrogens is 419 g/mol. The molecule has 1 heterocycles. The maximum atomic E-state index is 12.9. The van der Waals surface area contributed by atoms with Gasteiger partial charge in [0.1, 0.15) is 6.54 Å². The number of fused-ring (bicyclic) bond motifs is 1. The Labute approximate surface area is 174 Å². The quantitative estimate of drug-likeness (QED) is 0.563. The number of nitro groups is 1. The van der Waals surface area contributed by atoms with Gasteiger partial charge >= 0.3 is 6.18 Å². The number of ether oxygens (including phenoxy) is 1. The van der Waals surface area contributed by atoms with Gasteiger partial charge in [-0.3, -0.25) is 24.6 Å². The van der Waals surface area contributed by atoms with Gasteiger partial charge in [0.25, 0.3) is 11.6 Å². The van der Waals surface area contributed by atoms with Crippen LogP contribution in [-0.4, -0.2) is 29.4 Å². The maximum absolute atomic E-state index is 12.9. The van der Waals surface area contributed by atoms with Gasteiger partial charge in [-0.1, -0.05) is 19.9 Å². The largest absolute Gasteiger partial charge is 0.478 e. The van der Waals surface area contributed by atoms with E-state index in [0.717, 1.165) is 29.2 Å². The number of anilines is 2. The lowest BCUT2D eigenvalue weighted by Gasteiger charge is -2.35. The van der Waals surface area contributed by atoms with Crippen LogP contribution in [0.4, 0.5) is 30.2 Å².